The van der Waals surface area contributed by atoms with E-state index in [0.717, 1.165) is 31.7 Å². The lowest BCUT2D eigenvalue weighted by atomic mass is 10.2. The summed E-state index contributed by atoms with van der Waals surface area (Å²) in [6, 6.07) is 18.2. The van der Waals surface area contributed by atoms with Crippen LogP contribution in [0.5, 0.6) is 0 Å². The SMILES string of the molecule is Cc1cccc(N2CCN(C(=O)CCc3nnc(-c4ccccc4)o3)CC2)c1. The molecule has 3 aromatic rings. The largest absolute Gasteiger partial charge is 0.421 e. The Morgan fingerprint density at radius 3 is 2.54 bits per heavy atom. The number of nitrogens with zero attached hydrogens (tertiary/aromatic N) is 4. The fourth-order valence-corrected chi connectivity index (χ4v) is 3.46. The topological polar surface area (TPSA) is 62.5 Å². The van der Waals surface area contributed by atoms with Gasteiger partial charge in [0.2, 0.25) is 17.7 Å². The molecule has 2 aromatic carbocycles. The van der Waals surface area contributed by atoms with E-state index in [-0.39, 0.29) is 5.91 Å². The number of hydrogen-bond acceptors (Lipinski definition) is 5. The van der Waals surface area contributed by atoms with Crippen LogP contribution in [-0.2, 0) is 11.2 Å². The highest BCUT2D eigenvalue weighted by atomic mass is 16.4. The molecule has 1 saturated heterocycles. The van der Waals surface area contributed by atoms with Crippen LogP contribution in [0.1, 0.15) is 17.9 Å². The van der Waals surface area contributed by atoms with Crippen LogP contribution in [0.15, 0.2) is 59.0 Å². The molecule has 0 radical (unpaired) electrons. The van der Waals surface area contributed by atoms with Crippen molar-refractivity contribution in [3.05, 3.63) is 66.1 Å². The molecule has 1 aliphatic heterocycles. The maximum absolute atomic E-state index is 12.6. The molecule has 0 spiro atoms. The molecule has 0 unspecified atom stereocenters. The molecular formula is C22H24N4O2. The first kappa shape index (κ1) is 18.2. The summed E-state index contributed by atoms with van der Waals surface area (Å²) in [7, 11) is 0. The highest BCUT2D eigenvalue weighted by Gasteiger charge is 2.22. The summed E-state index contributed by atoms with van der Waals surface area (Å²) in [5.41, 5.74) is 3.37. The van der Waals surface area contributed by atoms with Gasteiger partial charge in [0, 0.05) is 50.3 Å². The minimum absolute atomic E-state index is 0.142. The number of piperazine rings is 1. The number of carbonyl (C=O) groups excluding carboxylic acids is 1. The molecule has 6 nitrogen and oxygen atoms in total. The third-order valence-corrected chi connectivity index (χ3v) is 5.04. The second kappa shape index (κ2) is 8.25. The Morgan fingerprint density at radius 2 is 1.79 bits per heavy atom. The summed E-state index contributed by atoms with van der Waals surface area (Å²) in [4.78, 5) is 16.8. The number of carbonyl (C=O) groups is 1. The molecule has 4 rings (SSSR count). The van der Waals surface area contributed by atoms with E-state index in [1.54, 1.807) is 0 Å². The first-order chi connectivity index (χ1) is 13.7. The summed E-state index contributed by atoms with van der Waals surface area (Å²) in [6.07, 6.45) is 0.859. The molecule has 0 saturated carbocycles. The molecule has 1 aliphatic rings. The van der Waals surface area contributed by atoms with Gasteiger partial charge in [0.05, 0.1) is 0 Å². The molecule has 28 heavy (non-hydrogen) atoms. The van der Waals surface area contributed by atoms with Crippen molar-refractivity contribution in [3.63, 3.8) is 0 Å². The lowest BCUT2D eigenvalue weighted by Crippen LogP contribution is -2.48. The van der Waals surface area contributed by atoms with Crippen molar-refractivity contribution in [2.45, 2.75) is 19.8 Å². The molecule has 0 bridgehead atoms. The molecule has 1 amide bonds. The van der Waals surface area contributed by atoms with Crippen LogP contribution in [-0.4, -0.2) is 47.2 Å². The predicted molar refractivity (Wildman–Crippen MR) is 108 cm³/mol. The molecule has 0 aliphatic carbocycles. The average molecular weight is 376 g/mol. The predicted octanol–water partition coefficient (Wildman–Crippen LogP) is 3.33. The zero-order chi connectivity index (χ0) is 19.3. The van der Waals surface area contributed by atoms with Gasteiger partial charge in [-0.05, 0) is 36.8 Å². The van der Waals surface area contributed by atoms with Crippen LogP contribution >= 0.6 is 0 Å². The van der Waals surface area contributed by atoms with Crippen molar-refractivity contribution >= 4 is 11.6 Å². The van der Waals surface area contributed by atoms with Crippen LogP contribution < -0.4 is 4.90 Å². The zero-order valence-electron chi connectivity index (χ0n) is 16.0. The summed E-state index contributed by atoms with van der Waals surface area (Å²) >= 11 is 0. The van der Waals surface area contributed by atoms with Gasteiger partial charge in [0.15, 0.2) is 0 Å². The third-order valence-electron chi connectivity index (χ3n) is 5.04. The van der Waals surface area contributed by atoms with Crippen molar-refractivity contribution in [2.24, 2.45) is 0 Å². The van der Waals surface area contributed by atoms with Crippen molar-refractivity contribution in [2.75, 3.05) is 31.1 Å². The fourth-order valence-electron chi connectivity index (χ4n) is 3.46. The first-order valence-electron chi connectivity index (χ1n) is 9.66. The van der Waals surface area contributed by atoms with E-state index in [2.05, 4.69) is 46.3 Å². The van der Waals surface area contributed by atoms with E-state index >= 15 is 0 Å². The Kier molecular flexibility index (Phi) is 5.37. The Labute approximate surface area is 164 Å². The molecule has 1 aromatic heterocycles. The second-order valence-corrected chi connectivity index (χ2v) is 7.07. The molecule has 0 N–H and O–H groups in total. The maximum atomic E-state index is 12.6. The summed E-state index contributed by atoms with van der Waals surface area (Å²) < 4.78 is 5.69. The van der Waals surface area contributed by atoms with E-state index in [0.29, 0.717) is 24.6 Å². The van der Waals surface area contributed by atoms with Gasteiger partial charge in [0.1, 0.15) is 0 Å². The summed E-state index contributed by atoms with van der Waals surface area (Å²) in [5.74, 6) is 1.14. The normalized spacial score (nSPS) is 14.3. The van der Waals surface area contributed by atoms with Gasteiger partial charge in [-0.1, -0.05) is 30.3 Å². The first-order valence-corrected chi connectivity index (χ1v) is 9.66. The molecule has 6 heteroatoms. The Bertz CT molecular complexity index is 930. The smallest absolute Gasteiger partial charge is 0.247 e. The van der Waals surface area contributed by atoms with Crippen LogP contribution in [0, 0.1) is 6.92 Å². The molecular weight excluding hydrogens is 352 g/mol. The number of hydrogen-bond donors (Lipinski definition) is 0. The number of anilines is 1. The van der Waals surface area contributed by atoms with E-state index in [1.807, 2.05) is 35.2 Å². The summed E-state index contributed by atoms with van der Waals surface area (Å²) in [5, 5.41) is 8.15. The number of aryl methyl sites for hydroxylation is 2. The zero-order valence-corrected chi connectivity index (χ0v) is 16.0. The van der Waals surface area contributed by atoms with Gasteiger partial charge in [-0.3, -0.25) is 4.79 Å². The number of aromatic nitrogens is 2. The number of rotatable bonds is 5. The van der Waals surface area contributed by atoms with Crippen LogP contribution in [0.2, 0.25) is 0 Å². The molecule has 0 atom stereocenters. The van der Waals surface area contributed by atoms with Crippen molar-refractivity contribution in [1.82, 2.24) is 15.1 Å². The Morgan fingerprint density at radius 1 is 1.00 bits per heavy atom. The Balaban J connectivity index is 1.28. The molecule has 144 valence electrons. The minimum atomic E-state index is 0.142. The summed E-state index contributed by atoms with van der Waals surface area (Å²) in [6.45, 7) is 5.30. The molecule has 1 fully saturated rings. The van der Waals surface area contributed by atoms with Gasteiger partial charge in [-0.25, -0.2) is 0 Å². The monoisotopic (exact) mass is 376 g/mol. The lowest BCUT2D eigenvalue weighted by Gasteiger charge is -2.36. The van der Waals surface area contributed by atoms with Gasteiger partial charge in [-0.2, -0.15) is 0 Å². The van der Waals surface area contributed by atoms with E-state index in [4.69, 9.17) is 4.42 Å². The average Bonchev–Trinajstić information content (AvgIpc) is 3.22. The van der Waals surface area contributed by atoms with Crippen LogP contribution in [0.25, 0.3) is 11.5 Å². The van der Waals surface area contributed by atoms with Gasteiger partial charge >= 0.3 is 0 Å². The highest BCUT2D eigenvalue weighted by molar-refractivity contribution is 5.76. The minimum Gasteiger partial charge on any atom is -0.421 e. The van der Waals surface area contributed by atoms with E-state index in [9.17, 15) is 4.79 Å². The molecule has 2 heterocycles. The van der Waals surface area contributed by atoms with Gasteiger partial charge in [-0.15, -0.1) is 10.2 Å². The van der Waals surface area contributed by atoms with Crippen LogP contribution in [0.3, 0.4) is 0 Å². The number of amides is 1. The van der Waals surface area contributed by atoms with Crippen LogP contribution in [0.4, 0.5) is 5.69 Å². The maximum Gasteiger partial charge on any atom is 0.247 e. The van der Waals surface area contributed by atoms with E-state index < -0.39 is 0 Å². The van der Waals surface area contributed by atoms with Crippen molar-refractivity contribution in [3.8, 4) is 11.5 Å². The van der Waals surface area contributed by atoms with E-state index in [1.165, 1.54) is 11.3 Å². The fraction of sp³-hybridized carbons (Fsp3) is 0.318. The number of benzene rings is 2. The second-order valence-electron chi connectivity index (χ2n) is 7.07. The Hall–Kier alpha value is -3.15. The lowest BCUT2D eigenvalue weighted by molar-refractivity contribution is -0.131. The van der Waals surface area contributed by atoms with Crippen molar-refractivity contribution in [1.29, 1.82) is 0 Å². The van der Waals surface area contributed by atoms with Gasteiger partial charge < -0.3 is 14.2 Å². The standard InChI is InChI=1S/C22H24N4O2/c1-17-6-5-9-19(16-17)25-12-14-26(15-13-25)21(27)11-10-20-23-24-22(28-20)18-7-3-2-4-8-18/h2-9,16H,10-15H2,1H3. The quantitative estimate of drug-likeness (QED) is 0.684. The van der Waals surface area contributed by atoms with Crippen molar-refractivity contribution < 1.29 is 9.21 Å². The van der Waals surface area contributed by atoms with Gasteiger partial charge in [0.25, 0.3) is 0 Å². The highest BCUT2D eigenvalue weighted by Crippen LogP contribution is 2.19. The third kappa shape index (κ3) is 4.22.